The highest BCUT2D eigenvalue weighted by Crippen LogP contribution is 2.36. The Morgan fingerprint density at radius 2 is 0.886 bits per heavy atom. The summed E-state index contributed by atoms with van der Waals surface area (Å²) in [5.74, 6) is 0. The first-order valence-corrected chi connectivity index (χ1v) is 11.9. The second-order valence-electron chi connectivity index (χ2n) is 8.85. The van der Waals surface area contributed by atoms with Crippen LogP contribution < -0.4 is 5.73 Å². The van der Waals surface area contributed by atoms with Gasteiger partial charge in [-0.05, 0) is 67.4 Å². The number of anilines is 1. The van der Waals surface area contributed by atoms with Crippen molar-refractivity contribution in [1.29, 1.82) is 0 Å². The Hall–Kier alpha value is -4.62. The maximum atomic E-state index is 6.23. The molecule has 1 nitrogen and oxygen atoms in total. The molecule has 0 bridgehead atoms. The molecule has 6 rings (SSSR count). The second kappa shape index (κ2) is 8.96. The molecule has 166 valence electrons. The van der Waals surface area contributed by atoms with Gasteiger partial charge in [0, 0.05) is 5.69 Å². The predicted octanol–water partition coefficient (Wildman–Crippen LogP) is 9.09. The Morgan fingerprint density at radius 1 is 0.343 bits per heavy atom. The minimum Gasteiger partial charge on any atom is -0.399 e. The fraction of sp³-hybridized carbons (Fsp3) is 0. The summed E-state index contributed by atoms with van der Waals surface area (Å²) in [6, 6.07) is 49.3. The highest BCUT2D eigenvalue weighted by molar-refractivity contribution is 5.97. The summed E-state index contributed by atoms with van der Waals surface area (Å²) in [5.41, 5.74) is 16.5. The lowest BCUT2D eigenvalue weighted by molar-refractivity contribution is 1.56. The third-order valence-corrected chi connectivity index (χ3v) is 6.64. The van der Waals surface area contributed by atoms with Crippen molar-refractivity contribution in [3.8, 4) is 44.5 Å². The summed E-state index contributed by atoms with van der Waals surface area (Å²) in [6.45, 7) is 0. The SMILES string of the molecule is Nc1ccc(-c2ccc(-c3ccccc3)cc2)c(-c2ccc(-c3cccc4ccccc34)cc2)c1. The molecule has 0 heterocycles. The Bertz CT molecular complexity index is 1610. The zero-order valence-corrected chi connectivity index (χ0v) is 19.4. The lowest BCUT2D eigenvalue weighted by Gasteiger charge is -2.13. The molecule has 0 aliphatic rings. The van der Waals surface area contributed by atoms with E-state index < -0.39 is 0 Å². The fourth-order valence-electron chi connectivity index (χ4n) is 4.83. The highest BCUT2D eigenvalue weighted by Gasteiger charge is 2.10. The summed E-state index contributed by atoms with van der Waals surface area (Å²) in [6.07, 6.45) is 0. The van der Waals surface area contributed by atoms with E-state index in [-0.39, 0.29) is 0 Å². The minimum absolute atomic E-state index is 0.766. The molecule has 0 saturated carbocycles. The van der Waals surface area contributed by atoms with Gasteiger partial charge in [0.15, 0.2) is 0 Å². The molecule has 0 spiro atoms. The van der Waals surface area contributed by atoms with Gasteiger partial charge in [-0.1, -0.05) is 127 Å². The average molecular weight is 448 g/mol. The molecule has 6 aromatic rings. The first-order valence-electron chi connectivity index (χ1n) is 11.9. The van der Waals surface area contributed by atoms with Crippen LogP contribution in [0.1, 0.15) is 0 Å². The van der Waals surface area contributed by atoms with Gasteiger partial charge in [0.25, 0.3) is 0 Å². The summed E-state index contributed by atoms with van der Waals surface area (Å²) in [7, 11) is 0. The van der Waals surface area contributed by atoms with Gasteiger partial charge in [-0.25, -0.2) is 0 Å². The van der Waals surface area contributed by atoms with Crippen molar-refractivity contribution < 1.29 is 0 Å². The number of fused-ring (bicyclic) bond motifs is 1. The van der Waals surface area contributed by atoms with Crippen LogP contribution in [0, 0.1) is 0 Å². The summed E-state index contributed by atoms with van der Waals surface area (Å²) in [5, 5.41) is 2.53. The van der Waals surface area contributed by atoms with Crippen LogP contribution in [-0.4, -0.2) is 0 Å². The van der Waals surface area contributed by atoms with Gasteiger partial charge in [0.1, 0.15) is 0 Å². The Kier molecular flexibility index (Phi) is 5.37. The normalized spacial score (nSPS) is 11.0. The van der Waals surface area contributed by atoms with E-state index in [9.17, 15) is 0 Å². The molecule has 0 amide bonds. The Balaban J connectivity index is 1.38. The Morgan fingerprint density at radius 3 is 1.63 bits per heavy atom. The van der Waals surface area contributed by atoms with Crippen LogP contribution in [-0.2, 0) is 0 Å². The summed E-state index contributed by atoms with van der Waals surface area (Å²) >= 11 is 0. The number of rotatable bonds is 4. The van der Waals surface area contributed by atoms with Crippen LogP contribution in [0.5, 0.6) is 0 Å². The van der Waals surface area contributed by atoms with Crippen molar-refractivity contribution >= 4 is 16.5 Å². The molecule has 0 saturated heterocycles. The second-order valence-corrected chi connectivity index (χ2v) is 8.85. The van der Waals surface area contributed by atoms with Crippen LogP contribution in [0.25, 0.3) is 55.3 Å². The molecular weight excluding hydrogens is 422 g/mol. The number of nitrogens with two attached hydrogens (primary N) is 1. The molecule has 0 radical (unpaired) electrons. The molecular formula is C34H25N. The lowest BCUT2D eigenvalue weighted by Crippen LogP contribution is -1.90. The van der Waals surface area contributed by atoms with Crippen LogP contribution in [0.15, 0.2) is 140 Å². The number of hydrogen-bond acceptors (Lipinski definition) is 1. The molecule has 35 heavy (non-hydrogen) atoms. The van der Waals surface area contributed by atoms with E-state index in [0.29, 0.717) is 0 Å². The third-order valence-electron chi connectivity index (χ3n) is 6.64. The fourth-order valence-corrected chi connectivity index (χ4v) is 4.83. The maximum Gasteiger partial charge on any atom is 0.0320 e. The molecule has 0 aliphatic carbocycles. The highest BCUT2D eigenvalue weighted by atomic mass is 14.5. The first kappa shape index (κ1) is 20.9. The lowest BCUT2D eigenvalue weighted by atomic mass is 9.91. The number of hydrogen-bond donors (Lipinski definition) is 1. The molecule has 6 aromatic carbocycles. The van der Waals surface area contributed by atoms with E-state index in [0.717, 1.165) is 16.8 Å². The Labute approximate surface area is 206 Å². The zero-order chi connectivity index (χ0) is 23.6. The first-order chi connectivity index (χ1) is 17.3. The van der Waals surface area contributed by atoms with Crippen molar-refractivity contribution in [1.82, 2.24) is 0 Å². The minimum atomic E-state index is 0.766. The largest absolute Gasteiger partial charge is 0.399 e. The standard InChI is InChI=1S/C34H25N/c35-30-21-22-33(28-15-13-25(14-16-28)24-7-2-1-3-8-24)34(23-30)29-19-17-27(18-20-29)32-12-6-10-26-9-4-5-11-31(26)32/h1-23H,35H2. The van der Waals surface area contributed by atoms with E-state index >= 15 is 0 Å². The van der Waals surface area contributed by atoms with Gasteiger partial charge in [-0.3, -0.25) is 0 Å². The van der Waals surface area contributed by atoms with E-state index in [1.807, 2.05) is 12.1 Å². The van der Waals surface area contributed by atoms with Crippen molar-refractivity contribution in [3.05, 3.63) is 140 Å². The quantitative estimate of drug-likeness (QED) is 0.268. The predicted molar refractivity (Wildman–Crippen MR) is 150 cm³/mol. The molecule has 0 aliphatic heterocycles. The van der Waals surface area contributed by atoms with Gasteiger partial charge in [0.05, 0.1) is 0 Å². The molecule has 1 heteroatoms. The van der Waals surface area contributed by atoms with Gasteiger partial charge in [-0.15, -0.1) is 0 Å². The van der Waals surface area contributed by atoms with E-state index in [2.05, 4.69) is 127 Å². The number of nitrogen functional groups attached to an aromatic ring is 1. The van der Waals surface area contributed by atoms with E-state index in [4.69, 9.17) is 5.73 Å². The monoisotopic (exact) mass is 447 g/mol. The maximum absolute atomic E-state index is 6.23. The van der Waals surface area contributed by atoms with Crippen LogP contribution >= 0.6 is 0 Å². The van der Waals surface area contributed by atoms with E-state index in [1.54, 1.807) is 0 Å². The van der Waals surface area contributed by atoms with Gasteiger partial charge in [-0.2, -0.15) is 0 Å². The van der Waals surface area contributed by atoms with Gasteiger partial charge < -0.3 is 5.73 Å². The van der Waals surface area contributed by atoms with Crippen molar-refractivity contribution in [3.63, 3.8) is 0 Å². The van der Waals surface area contributed by atoms with Crippen molar-refractivity contribution in [2.24, 2.45) is 0 Å². The van der Waals surface area contributed by atoms with Crippen molar-refractivity contribution in [2.75, 3.05) is 5.73 Å². The van der Waals surface area contributed by atoms with Crippen LogP contribution in [0.2, 0.25) is 0 Å². The zero-order valence-electron chi connectivity index (χ0n) is 19.4. The van der Waals surface area contributed by atoms with Gasteiger partial charge >= 0.3 is 0 Å². The molecule has 0 fully saturated rings. The summed E-state index contributed by atoms with van der Waals surface area (Å²) in [4.78, 5) is 0. The topological polar surface area (TPSA) is 26.0 Å². The molecule has 0 aromatic heterocycles. The number of benzene rings is 6. The van der Waals surface area contributed by atoms with Crippen molar-refractivity contribution in [2.45, 2.75) is 0 Å². The van der Waals surface area contributed by atoms with Crippen LogP contribution in [0.3, 0.4) is 0 Å². The van der Waals surface area contributed by atoms with Crippen LogP contribution in [0.4, 0.5) is 5.69 Å². The molecule has 2 N–H and O–H groups in total. The smallest absolute Gasteiger partial charge is 0.0320 e. The molecule has 0 atom stereocenters. The average Bonchev–Trinajstić information content (AvgIpc) is 2.93. The van der Waals surface area contributed by atoms with E-state index in [1.165, 1.54) is 44.2 Å². The molecule has 0 unspecified atom stereocenters. The third kappa shape index (κ3) is 4.09. The van der Waals surface area contributed by atoms with Gasteiger partial charge in [0.2, 0.25) is 0 Å². The summed E-state index contributed by atoms with van der Waals surface area (Å²) < 4.78 is 0.